The van der Waals surface area contributed by atoms with E-state index in [1.807, 2.05) is 0 Å². The Kier molecular flexibility index (Phi) is 5.95. The lowest BCUT2D eigenvalue weighted by Gasteiger charge is -2.14. The number of carbonyl (C=O) groups is 1. The second-order valence-electron chi connectivity index (χ2n) is 6.64. The van der Waals surface area contributed by atoms with E-state index in [4.69, 9.17) is 11.1 Å². The first-order valence-corrected chi connectivity index (χ1v) is 8.91. The maximum Gasteiger partial charge on any atom is 0.405 e. The van der Waals surface area contributed by atoms with Crippen LogP contribution in [-0.4, -0.2) is 29.4 Å². The Bertz CT molecular complexity index is 1220. The third-order valence-electron chi connectivity index (χ3n) is 4.40. The van der Waals surface area contributed by atoms with Gasteiger partial charge in [0.1, 0.15) is 18.9 Å². The number of amides is 1. The highest BCUT2D eigenvalue weighted by Gasteiger charge is 2.27. The van der Waals surface area contributed by atoms with Gasteiger partial charge in [-0.3, -0.25) is 9.59 Å². The summed E-state index contributed by atoms with van der Waals surface area (Å²) in [6, 6.07) is 8.91. The smallest absolute Gasteiger partial charge is 0.396 e. The average molecular weight is 435 g/mol. The first kappa shape index (κ1) is 21.8. The van der Waals surface area contributed by atoms with Crippen LogP contribution in [0.3, 0.4) is 0 Å². The maximum absolute atomic E-state index is 14.0. The molecule has 0 aliphatic carbocycles. The molecule has 162 valence electrons. The van der Waals surface area contributed by atoms with Crippen molar-refractivity contribution in [2.24, 2.45) is 0 Å². The van der Waals surface area contributed by atoms with Crippen LogP contribution in [0.1, 0.15) is 5.56 Å². The number of anilines is 3. The molecule has 0 aliphatic rings. The molecule has 0 fully saturated rings. The minimum atomic E-state index is -4.56. The molecule has 0 aliphatic heterocycles. The standard InChI is InChI=1S/C20H17F4N5O2/c21-14-7-13(6-12(8-25)18(14)26)28-15-3-1-2-11-4-5-29(19(31)17(11)15)9-16(30)27-10-20(22,23)24/h1-8,25,28H,9-10,26H2,(H,27,30). The molecule has 0 atom stereocenters. The molecule has 3 rings (SSSR count). The summed E-state index contributed by atoms with van der Waals surface area (Å²) in [6.45, 7) is -2.10. The molecule has 11 heteroatoms. The van der Waals surface area contributed by atoms with Crippen LogP contribution in [0.5, 0.6) is 0 Å². The highest BCUT2D eigenvalue weighted by Crippen LogP contribution is 2.27. The SMILES string of the molecule is N=Cc1cc(Nc2cccc3ccn(CC(=O)NCC(F)(F)F)c(=O)c23)cc(F)c1N. The lowest BCUT2D eigenvalue weighted by Crippen LogP contribution is -2.37. The van der Waals surface area contributed by atoms with Gasteiger partial charge in [0.25, 0.3) is 5.56 Å². The number of halogens is 4. The molecule has 2 aromatic carbocycles. The lowest BCUT2D eigenvalue weighted by atomic mass is 10.1. The zero-order valence-corrected chi connectivity index (χ0v) is 15.9. The van der Waals surface area contributed by atoms with E-state index in [-0.39, 0.29) is 28.0 Å². The third-order valence-corrected chi connectivity index (χ3v) is 4.40. The van der Waals surface area contributed by atoms with E-state index in [2.05, 4.69) is 5.32 Å². The van der Waals surface area contributed by atoms with Gasteiger partial charge in [-0.2, -0.15) is 13.2 Å². The van der Waals surface area contributed by atoms with E-state index in [1.54, 1.807) is 23.5 Å². The number of benzene rings is 2. The number of nitrogens with two attached hydrogens (primary N) is 1. The second kappa shape index (κ2) is 8.46. The number of carbonyl (C=O) groups excluding carboxylic acids is 1. The molecule has 0 saturated heterocycles. The molecular weight excluding hydrogens is 418 g/mol. The summed E-state index contributed by atoms with van der Waals surface area (Å²) >= 11 is 0. The molecule has 31 heavy (non-hydrogen) atoms. The molecule has 1 amide bonds. The lowest BCUT2D eigenvalue weighted by molar-refractivity contribution is -0.138. The van der Waals surface area contributed by atoms with Crippen LogP contribution >= 0.6 is 0 Å². The molecular formula is C20H17F4N5O2. The number of nitrogens with zero attached hydrogens (tertiary/aromatic N) is 1. The van der Waals surface area contributed by atoms with E-state index >= 15 is 0 Å². The van der Waals surface area contributed by atoms with Gasteiger partial charge in [-0.05, 0) is 29.7 Å². The van der Waals surface area contributed by atoms with Gasteiger partial charge in [0.05, 0.1) is 16.8 Å². The minimum absolute atomic E-state index is 0.140. The van der Waals surface area contributed by atoms with Gasteiger partial charge in [-0.1, -0.05) is 12.1 Å². The third kappa shape index (κ3) is 5.00. The van der Waals surface area contributed by atoms with Crippen LogP contribution in [0, 0.1) is 11.2 Å². The summed E-state index contributed by atoms with van der Waals surface area (Å²) in [4.78, 5) is 24.7. The Morgan fingerprint density at radius 1 is 1.23 bits per heavy atom. The molecule has 3 aromatic rings. The molecule has 0 radical (unpaired) electrons. The number of rotatable bonds is 6. The molecule has 0 bridgehead atoms. The van der Waals surface area contributed by atoms with E-state index in [1.165, 1.54) is 18.3 Å². The fourth-order valence-electron chi connectivity index (χ4n) is 2.95. The minimum Gasteiger partial charge on any atom is -0.396 e. The van der Waals surface area contributed by atoms with E-state index in [9.17, 15) is 27.2 Å². The second-order valence-corrected chi connectivity index (χ2v) is 6.64. The Balaban J connectivity index is 1.96. The number of nitrogens with one attached hydrogen (secondary N) is 3. The molecule has 0 saturated carbocycles. The Hall–Kier alpha value is -3.89. The number of alkyl halides is 3. The van der Waals surface area contributed by atoms with Crippen LogP contribution in [0.15, 0.2) is 47.4 Å². The summed E-state index contributed by atoms with van der Waals surface area (Å²) in [5, 5.41) is 12.6. The number of aromatic nitrogens is 1. The van der Waals surface area contributed by atoms with Crippen LogP contribution in [0.4, 0.5) is 34.6 Å². The predicted molar refractivity (Wildman–Crippen MR) is 109 cm³/mol. The molecule has 0 spiro atoms. The van der Waals surface area contributed by atoms with Crippen LogP contribution in [0.25, 0.3) is 10.8 Å². The zero-order chi connectivity index (χ0) is 22.8. The number of hydrogen-bond donors (Lipinski definition) is 4. The summed E-state index contributed by atoms with van der Waals surface area (Å²) in [5.41, 5.74) is 5.42. The summed E-state index contributed by atoms with van der Waals surface area (Å²) in [5.74, 6) is -1.72. The van der Waals surface area contributed by atoms with Crippen molar-refractivity contribution >= 4 is 40.0 Å². The number of fused-ring (bicyclic) bond motifs is 1. The Morgan fingerprint density at radius 2 is 1.97 bits per heavy atom. The maximum atomic E-state index is 14.0. The van der Waals surface area contributed by atoms with Crippen LogP contribution in [-0.2, 0) is 11.3 Å². The summed E-state index contributed by atoms with van der Waals surface area (Å²) in [6.07, 6.45) is -2.37. The monoisotopic (exact) mass is 435 g/mol. The van der Waals surface area contributed by atoms with Crippen molar-refractivity contribution in [3.63, 3.8) is 0 Å². The largest absolute Gasteiger partial charge is 0.405 e. The number of hydrogen-bond acceptors (Lipinski definition) is 5. The van der Waals surface area contributed by atoms with Gasteiger partial charge in [-0.25, -0.2) is 4.39 Å². The van der Waals surface area contributed by atoms with Crippen molar-refractivity contribution in [2.75, 3.05) is 17.6 Å². The number of pyridine rings is 1. The van der Waals surface area contributed by atoms with Crippen molar-refractivity contribution in [3.05, 3.63) is 64.3 Å². The fourth-order valence-corrected chi connectivity index (χ4v) is 2.95. The fraction of sp³-hybridized carbons (Fsp3) is 0.150. The first-order chi connectivity index (χ1) is 14.6. The quantitative estimate of drug-likeness (QED) is 0.271. The average Bonchev–Trinajstić information content (AvgIpc) is 2.70. The van der Waals surface area contributed by atoms with Gasteiger partial charge in [0.2, 0.25) is 5.91 Å². The summed E-state index contributed by atoms with van der Waals surface area (Å²) < 4.78 is 51.8. The highest BCUT2D eigenvalue weighted by molar-refractivity contribution is 5.95. The number of nitrogen functional groups attached to an aromatic ring is 1. The molecule has 1 heterocycles. The topological polar surface area (TPSA) is 113 Å². The van der Waals surface area contributed by atoms with E-state index < -0.39 is 36.5 Å². The first-order valence-electron chi connectivity index (χ1n) is 8.91. The van der Waals surface area contributed by atoms with Gasteiger partial charge >= 0.3 is 6.18 Å². The Labute approximate surface area is 173 Å². The van der Waals surface area contributed by atoms with Gasteiger partial charge < -0.3 is 26.3 Å². The molecule has 1 aromatic heterocycles. The molecule has 7 nitrogen and oxygen atoms in total. The van der Waals surface area contributed by atoms with E-state index in [0.29, 0.717) is 5.39 Å². The highest BCUT2D eigenvalue weighted by atomic mass is 19.4. The van der Waals surface area contributed by atoms with Crippen LogP contribution in [0.2, 0.25) is 0 Å². The Morgan fingerprint density at radius 3 is 2.65 bits per heavy atom. The van der Waals surface area contributed by atoms with Gasteiger partial charge in [0, 0.05) is 23.7 Å². The predicted octanol–water partition coefficient (Wildman–Crippen LogP) is 3.14. The summed E-state index contributed by atoms with van der Waals surface area (Å²) in [7, 11) is 0. The van der Waals surface area contributed by atoms with Gasteiger partial charge in [-0.15, -0.1) is 0 Å². The van der Waals surface area contributed by atoms with Crippen molar-refractivity contribution in [1.29, 1.82) is 5.41 Å². The van der Waals surface area contributed by atoms with Crippen molar-refractivity contribution in [1.82, 2.24) is 9.88 Å². The van der Waals surface area contributed by atoms with Crippen molar-refractivity contribution < 1.29 is 22.4 Å². The van der Waals surface area contributed by atoms with Gasteiger partial charge in [0.15, 0.2) is 0 Å². The molecule has 5 N–H and O–H groups in total. The van der Waals surface area contributed by atoms with Crippen molar-refractivity contribution in [3.8, 4) is 0 Å². The molecule has 0 unspecified atom stereocenters. The normalized spacial score (nSPS) is 11.4. The van der Waals surface area contributed by atoms with Crippen molar-refractivity contribution in [2.45, 2.75) is 12.7 Å². The zero-order valence-electron chi connectivity index (χ0n) is 15.9. The van der Waals surface area contributed by atoms with E-state index in [0.717, 1.165) is 16.8 Å². The van der Waals surface area contributed by atoms with Crippen LogP contribution < -0.4 is 21.9 Å².